The highest BCUT2D eigenvalue weighted by Gasteiger charge is 2.31. The molecule has 3 heteroatoms. The van der Waals surface area contributed by atoms with E-state index < -0.39 is 0 Å². The van der Waals surface area contributed by atoms with Crippen molar-refractivity contribution >= 4 is 21.8 Å². The van der Waals surface area contributed by atoms with Crippen LogP contribution in [0.15, 0.2) is 0 Å². The smallest absolute Gasteiger partial charge is 0.225 e. The van der Waals surface area contributed by atoms with E-state index in [4.69, 9.17) is 0 Å². The normalized spacial score (nSPS) is 18.3. The first-order valence-corrected chi connectivity index (χ1v) is 7.56. The third kappa shape index (κ3) is 3.47. The second-order valence-corrected chi connectivity index (χ2v) is 5.98. The maximum absolute atomic E-state index is 12.3. The highest BCUT2D eigenvalue weighted by molar-refractivity contribution is 9.09. The molecule has 1 aliphatic rings. The van der Waals surface area contributed by atoms with E-state index in [1.54, 1.807) is 0 Å². The van der Waals surface area contributed by atoms with Crippen molar-refractivity contribution in [3.63, 3.8) is 0 Å². The van der Waals surface area contributed by atoms with Gasteiger partial charge in [-0.1, -0.05) is 36.7 Å². The average Bonchev–Trinajstić information content (AvgIpc) is 2.18. The molecule has 0 aromatic heterocycles. The van der Waals surface area contributed by atoms with Crippen molar-refractivity contribution in [3.8, 4) is 0 Å². The van der Waals surface area contributed by atoms with Crippen LogP contribution in [0.4, 0.5) is 0 Å². The van der Waals surface area contributed by atoms with Gasteiger partial charge in [0, 0.05) is 23.8 Å². The molecular weight excluding hydrogens is 266 g/mol. The van der Waals surface area contributed by atoms with E-state index in [1.165, 1.54) is 19.3 Å². The summed E-state index contributed by atoms with van der Waals surface area (Å²) in [5, 5.41) is 0.986. The fraction of sp³-hybridized carbons (Fsp3) is 0.923. The first kappa shape index (κ1) is 14.0. The summed E-state index contributed by atoms with van der Waals surface area (Å²) in [6.07, 6.45) is 4.77. The van der Waals surface area contributed by atoms with Crippen LogP contribution in [0.25, 0.3) is 0 Å². The number of amides is 1. The van der Waals surface area contributed by atoms with Gasteiger partial charge in [0.05, 0.1) is 0 Å². The predicted molar refractivity (Wildman–Crippen MR) is 71.8 cm³/mol. The van der Waals surface area contributed by atoms with Crippen LogP contribution in [-0.4, -0.2) is 28.7 Å². The summed E-state index contributed by atoms with van der Waals surface area (Å²) in [7, 11) is 0. The number of nitrogens with zero attached hydrogens (tertiary/aromatic N) is 1. The third-order valence-corrected chi connectivity index (χ3v) is 4.28. The van der Waals surface area contributed by atoms with Crippen molar-refractivity contribution in [1.82, 2.24) is 4.90 Å². The zero-order valence-corrected chi connectivity index (χ0v) is 12.3. The number of rotatable bonds is 6. The zero-order valence-electron chi connectivity index (χ0n) is 10.7. The molecule has 1 saturated carbocycles. The Bertz CT molecular complexity index is 226. The molecule has 0 aromatic carbocycles. The van der Waals surface area contributed by atoms with Crippen molar-refractivity contribution in [2.75, 3.05) is 11.9 Å². The van der Waals surface area contributed by atoms with Gasteiger partial charge in [0.1, 0.15) is 0 Å². The topological polar surface area (TPSA) is 20.3 Å². The summed E-state index contributed by atoms with van der Waals surface area (Å²) in [5.74, 6) is 0.968. The Morgan fingerprint density at radius 2 is 2.00 bits per heavy atom. The fourth-order valence-electron chi connectivity index (χ4n) is 1.95. The maximum atomic E-state index is 12.3. The van der Waals surface area contributed by atoms with Gasteiger partial charge in [-0.2, -0.15) is 0 Å². The lowest BCUT2D eigenvalue weighted by Crippen LogP contribution is -2.47. The highest BCUT2D eigenvalue weighted by atomic mass is 79.9. The quantitative estimate of drug-likeness (QED) is 0.686. The minimum atomic E-state index is 0.163. The molecule has 0 saturated heterocycles. The van der Waals surface area contributed by atoms with Crippen molar-refractivity contribution < 1.29 is 4.79 Å². The van der Waals surface area contributed by atoms with Gasteiger partial charge >= 0.3 is 0 Å². The lowest BCUT2D eigenvalue weighted by Gasteiger charge is -2.39. The lowest BCUT2D eigenvalue weighted by atomic mass is 9.88. The first-order chi connectivity index (χ1) is 7.57. The Morgan fingerprint density at radius 1 is 1.38 bits per heavy atom. The molecule has 0 spiro atoms. The van der Waals surface area contributed by atoms with Gasteiger partial charge in [-0.15, -0.1) is 0 Å². The molecule has 1 rings (SSSR count). The van der Waals surface area contributed by atoms with Gasteiger partial charge in [0.2, 0.25) is 5.91 Å². The standard InChI is InChI=1S/C13H24BrNO/c1-10(2)11(3)13(16)15(9-5-8-14)12-6-4-7-12/h10-12H,4-9H2,1-3H3. The number of carbonyl (C=O) groups is 1. The third-order valence-electron chi connectivity index (χ3n) is 3.72. The van der Waals surface area contributed by atoms with Gasteiger partial charge < -0.3 is 4.90 Å². The molecule has 1 unspecified atom stereocenters. The van der Waals surface area contributed by atoms with Crippen LogP contribution in [0.1, 0.15) is 46.5 Å². The fourth-order valence-corrected chi connectivity index (χ4v) is 2.20. The van der Waals surface area contributed by atoms with Crippen LogP contribution in [-0.2, 0) is 4.79 Å². The summed E-state index contributed by atoms with van der Waals surface area (Å²) >= 11 is 3.44. The van der Waals surface area contributed by atoms with E-state index in [2.05, 4.69) is 41.6 Å². The van der Waals surface area contributed by atoms with E-state index >= 15 is 0 Å². The molecule has 0 aliphatic heterocycles. The number of alkyl halides is 1. The summed E-state index contributed by atoms with van der Waals surface area (Å²) in [6, 6.07) is 0.535. The molecule has 1 atom stereocenters. The molecular formula is C13H24BrNO. The molecule has 0 aromatic rings. The first-order valence-electron chi connectivity index (χ1n) is 6.44. The van der Waals surface area contributed by atoms with E-state index in [1.807, 2.05) is 0 Å². The number of carbonyl (C=O) groups excluding carboxylic acids is 1. The summed E-state index contributed by atoms with van der Waals surface area (Å²) in [6.45, 7) is 7.25. The van der Waals surface area contributed by atoms with Crippen LogP contribution >= 0.6 is 15.9 Å². The predicted octanol–water partition coefficient (Wildman–Crippen LogP) is 3.44. The second kappa shape index (κ2) is 6.63. The molecule has 0 radical (unpaired) electrons. The Labute approximate surface area is 108 Å². The molecule has 1 amide bonds. The summed E-state index contributed by atoms with van der Waals surface area (Å²) in [5.41, 5.74) is 0. The minimum Gasteiger partial charge on any atom is -0.339 e. The minimum absolute atomic E-state index is 0.163. The van der Waals surface area contributed by atoms with Crippen LogP contribution in [0, 0.1) is 11.8 Å². The largest absolute Gasteiger partial charge is 0.339 e. The van der Waals surface area contributed by atoms with E-state index in [0.717, 1.165) is 18.3 Å². The van der Waals surface area contributed by atoms with Gasteiger partial charge in [0.25, 0.3) is 0 Å². The van der Waals surface area contributed by atoms with Crippen LogP contribution in [0.5, 0.6) is 0 Å². The average molecular weight is 290 g/mol. The Kier molecular flexibility index (Phi) is 5.81. The second-order valence-electron chi connectivity index (χ2n) is 5.19. The van der Waals surface area contributed by atoms with Crippen LogP contribution < -0.4 is 0 Å². The highest BCUT2D eigenvalue weighted by Crippen LogP contribution is 2.27. The molecule has 16 heavy (non-hydrogen) atoms. The SMILES string of the molecule is CC(C)C(C)C(=O)N(CCCBr)C1CCC1. The van der Waals surface area contributed by atoms with Crippen LogP contribution in [0.2, 0.25) is 0 Å². The van der Waals surface area contributed by atoms with E-state index in [-0.39, 0.29) is 5.92 Å². The van der Waals surface area contributed by atoms with Gasteiger partial charge in [-0.3, -0.25) is 4.79 Å². The molecule has 0 N–H and O–H groups in total. The van der Waals surface area contributed by atoms with Gasteiger partial charge in [-0.05, 0) is 31.6 Å². The zero-order chi connectivity index (χ0) is 12.1. The lowest BCUT2D eigenvalue weighted by molar-refractivity contribution is -0.140. The molecule has 1 fully saturated rings. The molecule has 0 heterocycles. The van der Waals surface area contributed by atoms with Crippen molar-refractivity contribution in [3.05, 3.63) is 0 Å². The van der Waals surface area contributed by atoms with Crippen molar-refractivity contribution in [2.45, 2.75) is 52.5 Å². The molecule has 1 aliphatic carbocycles. The number of hydrogen-bond donors (Lipinski definition) is 0. The van der Waals surface area contributed by atoms with Crippen molar-refractivity contribution in [1.29, 1.82) is 0 Å². The molecule has 2 nitrogen and oxygen atoms in total. The maximum Gasteiger partial charge on any atom is 0.225 e. The summed E-state index contributed by atoms with van der Waals surface area (Å²) < 4.78 is 0. The number of hydrogen-bond acceptors (Lipinski definition) is 1. The monoisotopic (exact) mass is 289 g/mol. The van der Waals surface area contributed by atoms with E-state index in [9.17, 15) is 4.79 Å². The van der Waals surface area contributed by atoms with E-state index in [0.29, 0.717) is 17.9 Å². The number of halogens is 1. The molecule has 0 bridgehead atoms. The molecule has 94 valence electrons. The van der Waals surface area contributed by atoms with Crippen molar-refractivity contribution in [2.24, 2.45) is 11.8 Å². The summed E-state index contributed by atoms with van der Waals surface area (Å²) in [4.78, 5) is 14.5. The Morgan fingerprint density at radius 3 is 2.38 bits per heavy atom. The Balaban J connectivity index is 2.56. The van der Waals surface area contributed by atoms with Gasteiger partial charge in [-0.25, -0.2) is 0 Å². The van der Waals surface area contributed by atoms with Gasteiger partial charge in [0.15, 0.2) is 0 Å². The Hall–Kier alpha value is -0.0500. The van der Waals surface area contributed by atoms with Crippen LogP contribution in [0.3, 0.4) is 0 Å².